The summed E-state index contributed by atoms with van der Waals surface area (Å²) in [7, 11) is 0. The Morgan fingerprint density at radius 3 is 2.42 bits per heavy atom. The van der Waals surface area contributed by atoms with Gasteiger partial charge in [-0.1, -0.05) is 0 Å². The van der Waals surface area contributed by atoms with Crippen molar-refractivity contribution < 1.29 is 0 Å². The van der Waals surface area contributed by atoms with Gasteiger partial charge in [-0.15, -0.1) is 0 Å². The van der Waals surface area contributed by atoms with E-state index in [4.69, 9.17) is 0 Å². The van der Waals surface area contributed by atoms with E-state index >= 15 is 0 Å². The van der Waals surface area contributed by atoms with Crippen molar-refractivity contribution in [3.05, 3.63) is 0 Å². The number of hydrogen-bond donors (Lipinski definition) is 1. The van der Waals surface area contributed by atoms with Crippen LogP contribution < -0.4 is 4.23 Å². The molecule has 0 aliphatic heterocycles. The van der Waals surface area contributed by atoms with Crippen molar-refractivity contribution in [1.82, 2.24) is 4.23 Å². The van der Waals surface area contributed by atoms with Gasteiger partial charge in [-0.3, -0.25) is 0 Å². The Morgan fingerprint density at radius 2 is 1.83 bits per heavy atom. The summed E-state index contributed by atoms with van der Waals surface area (Å²) in [6.07, 6.45) is 11.8. The van der Waals surface area contributed by atoms with Gasteiger partial charge in [-0.25, -0.2) is 0 Å². The molecule has 0 aromatic carbocycles. The van der Waals surface area contributed by atoms with E-state index in [9.17, 15) is 0 Å². The van der Waals surface area contributed by atoms with Gasteiger partial charge in [0.2, 0.25) is 0 Å². The van der Waals surface area contributed by atoms with Crippen molar-refractivity contribution >= 4 is 17.1 Å². The third kappa shape index (κ3) is 1.72. The van der Waals surface area contributed by atoms with Crippen LogP contribution in [-0.2, 0) is 0 Å². The van der Waals surface area contributed by atoms with Crippen LogP contribution >= 0.6 is 0 Å². The summed E-state index contributed by atoms with van der Waals surface area (Å²) in [5.41, 5.74) is 0.774. The van der Waals surface area contributed by atoms with E-state index in [0.29, 0.717) is 0 Å². The van der Waals surface area contributed by atoms with Crippen LogP contribution in [-0.4, -0.2) is 23.1 Å². The molecule has 0 aromatic rings. The van der Waals surface area contributed by atoms with Crippen molar-refractivity contribution in [1.29, 1.82) is 0 Å². The van der Waals surface area contributed by atoms with Crippen LogP contribution in [0.25, 0.3) is 0 Å². The van der Waals surface area contributed by atoms with E-state index in [1.807, 2.05) is 0 Å². The van der Waals surface area contributed by atoms with Crippen molar-refractivity contribution in [2.24, 2.45) is 5.41 Å². The predicted molar refractivity (Wildman–Crippen MR) is 52.0 cm³/mol. The summed E-state index contributed by atoms with van der Waals surface area (Å²) in [6, 6.07) is 0.808. The SMILES string of the molecule is [As]NC1CCC2(CCCCC2)C1. The van der Waals surface area contributed by atoms with Gasteiger partial charge in [0.05, 0.1) is 0 Å². The van der Waals surface area contributed by atoms with Crippen LogP contribution in [0, 0.1) is 5.41 Å². The van der Waals surface area contributed by atoms with E-state index in [0.717, 1.165) is 11.5 Å². The van der Waals surface area contributed by atoms with Crippen LogP contribution in [0.5, 0.6) is 0 Å². The maximum absolute atomic E-state index is 3.37. The minimum atomic E-state index is 0.774. The van der Waals surface area contributed by atoms with E-state index in [2.05, 4.69) is 21.3 Å². The average molecular weight is 227 g/mol. The molecule has 0 bridgehead atoms. The fourth-order valence-electron chi connectivity index (χ4n) is 3.07. The first kappa shape index (κ1) is 9.09. The van der Waals surface area contributed by atoms with Crippen molar-refractivity contribution in [3.8, 4) is 0 Å². The molecule has 0 aromatic heterocycles. The zero-order valence-electron chi connectivity index (χ0n) is 7.68. The first-order valence-corrected chi connectivity index (χ1v) is 6.18. The first-order valence-electron chi connectivity index (χ1n) is 5.24. The topological polar surface area (TPSA) is 12.0 Å². The molecule has 1 unspecified atom stereocenters. The maximum atomic E-state index is 3.37. The summed E-state index contributed by atoms with van der Waals surface area (Å²) in [5, 5.41) is 0. The molecular weight excluding hydrogens is 209 g/mol. The summed E-state index contributed by atoms with van der Waals surface area (Å²) in [5.74, 6) is 0. The van der Waals surface area contributed by atoms with E-state index < -0.39 is 0 Å². The molecule has 0 saturated heterocycles. The zero-order valence-corrected chi connectivity index (χ0v) is 9.56. The molecule has 2 aliphatic rings. The first-order chi connectivity index (χ1) is 5.85. The molecule has 0 heterocycles. The molecule has 1 spiro atoms. The van der Waals surface area contributed by atoms with Crippen LogP contribution in [0.15, 0.2) is 0 Å². The zero-order chi connectivity index (χ0) is 8.44. The molecule has 2 aliphatic carbocycles. The van der Waals surface area contributed by atoms with E-state index in [1.54, 1.807) is 0 Å². The number of rotatable bonds is 1. The minimum absolute atomic E-state index is 0.774. The summed E-state index contributed by atoms with van der Waals surface area (Å²) in [4.78, 5) is 0. The molecule has 2 fully saturated rings. The molecule has 1 N–H and O–H groups in total. The molecule has 68 valence electrons. The van der Waals surface area contributed by atoms with Crippen LogP contribution in [0.4, 0.5) is 0 Å². The van der Waals surface area contributed by atoms with Crippen molar-refractivity contribution in [3.63, 3.8) is 0 Å². The monoisotopic (exact) mass is 227 g/mol. The fourth-order valence-corrected chi connectivity index (χ4v) is 3.54. The molecule has 12 heavy (non-hydrogen) atoms. The third-order valence-corrected chi connectivity index (χ3v) is 4.57. The number of hydrogen-bond acceptors (Lipinski definition) is 1. The van der Waals surface area contributed by atoms with Crippen LogP contribution in [0.2, 0.25) is 0 Å². The fraction of sp³-hybridized carbons (Fsp3) is 1.00. The normalized spacial score (nSPS) is 34.2. The molecule has 2 radical (unpaired) electrons. The second-order valence-electron chi connectivity index (χ2n) is 4.63. The second-order valence-corrected chi connectivity index (χ2v) is 5.17. The van der Waals surface area contributed by atoms with Gasteiger partial charge in [-0.2, -0.15) is 0 Å². The second kappa shape index (κ2) is 3.72. The molecule has 1 atom stereocenters. The van der Waals surface area contributed by atoms with E-state index in [1.165, 1.54) is 51.4 Å². The quantitative estimate of drug-likeness (QED) is 0.677. The van der Waals surface area contributed by atoms with Gasteiger partial charge in [0.1, 0.15) is 0 Å². The summed E-state index contributed by atoms with van der Waals surface area (Å²) in [6.45, 7) is 0. The van der Waals surface area contributed by atoms with Gasteiger partial charge >= 0.3 is 84.1 Å². The average Bonchev–Trinajstić information content (AvgIpc) is 2.50. The van der Waals surface area contributed by atoms with Gasteiger partial charge in [-0.05, 0) is 0 Å². The summed E-state index contributed by atoms with van der Waals surface area (Å²) < 4.78 is 3.37. The van der Waals surface area contributed by atoms with E-state index in [-0.39, 0.29) is 0 Å². The molecule has 1 nitrogen and oxygen atoms in total. The summed E-state index contributed by atoms with van der Waals surface area (Å²) >= 11 is 2.54. The van der Waals surface area contributed by atoms with Crippen molar-refractivity contribution in [2.45, 2.75) is 57.4 Å². The Kier molecular flexibility index (Phi) is 2.81. The molecule has 0 amide bonds. The Bertz CT molecular complexity index is 152. The molecular formula is C10H18AsN. The Hall–Kier alpha value is 0.518. The van der Waals surface area contributed by atoms with Crippen LogP contribution in [0.3, 0.4) is 0 Å². The van der Waals surface area contributed by atoms with Gasteiger partial charge < -0.3 is 0 Å². The van der Waals surface area contributed by atoms with Gasteiger partial charge in [0, 0.05) is 0 Å². The van der Waals surface area contributed by atoms with Crippen molar-refractivity contribution in [2.75, 3.05) is 0 Å². The molecule has 2 rings (SSSR count). The number of nitrogens with one attached hydrogen (secondary N) is 1. The Labute approximate surface area is 84.4 Å². The Morgan fingerprint density at radius 1 is 1.08 bits per heavy atom. The van der Waals surface area contributed by atoms with Gasteiger partial charge in [0.25, 0.3) is 0 Å². The standard InChI is InChI=1S/C10H18AsN/c11-12-9-4-7-10(8-9)5-2-1-3-6-10/h9,12H,1-8H2. The van der Waals surface area contributed by atoms with Crippen LogP contribution in [0.1, 0.15) is 51.4 Å². The predicted octanol–water partition coefficient (Wildman–Crippen LogP) is 2.16. The molecule has 2 heteroatoms. The van der Waals surface area contributed by atoms with Gasteiger partial charge in [0.15, 0.2) is 0 Å². The molecule has 2 saturated carbocycles. The third-order valence-electron chi connectivity index (χ3n) is 3.80. The Balaban J connectivity index is 1.94.